The van der Waals surface area contributed by atoms with E-state index in [2.05, 4.69) is 20.0 Å². The van der Waals surface area contributed by atoms with Gasteiger partial charge in [0.25, 0.3) is 5.91 Å². The van der Waals surface area contributed by atoms with Crippen molar-refractivity contribution in [2.24, 2.45) is 0 Å². The van der Waals surface area contributed by atoms with E-state index in [1.165, 1.54) is 24.6 Å². The van der Waals surface area contributed by atoms with Gasteiger partial charge in [-0.1, -0.05) is 16.8 Å². The molecule has 2 aromatic heterocycles. The Kier molecular flexibility index (Phi) is 3.36. The number of aliphatic hydroxyl groups is 1. The average molecular weight is 254 g/mol. The fraction of sp³-hybridized carbons (Fsp3) is 0.100. The zero-order valence-corrected chi connectivity index (χ0v) is 9.31. The SMILES string of the molecule is O=C(Nc1cc(CO)c(Cl)cn1)c1ccon1. The van der Waals surface area contributed by atoms with Crippen molar-refractivity contribution in [3.63, 3.8) is 0 Å². The lowest BCUT2D eigenvalue weighted by Crippen LogP contribution is -2.13. The number of carbonyl (C=O) groups excluding carboxylic acids is 1. The molecule has 2 aromatic rings. The van der Waals surface area contributed by atoms with Crippen molar-refractivity contribution in [3.05, 3.63) is 40.9 Å². The first-order chi connectivity index (χ1) is 8.20. The molecule has 1 amide bonds. The molecule has 0 radical (unpaired) electrons. The number of amides is 1. The topological polar surface area (TPSA) is 88.2 Å². The Balaban J connectivity index is 2.16. The predicted molar refractivity (Wildman–Crippen MR) is 59.6 cm³/mol. The van der Waals surface area contributed by atoms with Crippen LogP contribution in [0.25, 0.3) is 0 Å². The Bertz CT molecular complexity index is 528. The predicted octanol–water partition coefficient (Wildman–Crippen LogP) is 1.47. The number of carbonyl (C=O) groups is 1. The fourth-order valence-corrected chi connectivity index (χ4v) is 1.34. The number of hydrogen-bond donors (Lipinski definition) is 2. The van der Waals surface area contributed by atoms with E-state index in [1.807, 2.05) is 0 Å². The summed E-state index contributed by atoms with van der Waals surface area (Å²) < 4.78 is 4.54. The molecule has 6 nitrogen and oxygen atoms in total. The summed E-state index contributed by atoms with van der Waals surface area (Å²) in [6.45, 7) is -0.228. The van der Waals surface area contributed by atoms with Crippen LogP contribution in [0.3, 0.4) is 0 Å². The summed E-state index contributed by atoms with van der Waals surface area (Å²) in [6.07, 6.45) is 2.65. The summed E-state index contributed by atoms with van der Waals surface area (Å²) in [7, 11) is 0. The maximum Gasteiger partial charge on any atom is 0.278 e. The molecule has 0 bridgehead atoms. The van der Waals surface area contributed by atoms with Crippen molar-refractivity contribution >= 4 is 23.3 Å². The standard InChI is InChI=1S/C10H8ClN3O3/c11-7-4-12-9(3-6(7)5-15)13-10(16)8-1-2-17-14-8/h1-4,15H,5H2,(H,12,13,16). The fourth-order valence-electron chi connectivity index (χ4n) is 1.18. The van der Waals surface area contributed by atoms with Crippen molar-refractivity contribution in [2.45, 2.75) is 6.61 Å². The lowest BCUT2D eigenvalue weighted by atomic mass is 10.2. The molecule has 2 heterocycles. The summed E-state index contributed by atoms with van der Waals surface area (Å²) in [4.78, 5) is 15.5. The van der Waals surface area contributed by atoms with Crippen LogP contribution in [0.5, 0.6) is 0 Å². The molecule has 2 N–H and O–H groups in total. The van der Waals surface area contributed by atoms with Gasteiger partial charge in [-0.2, -0.15) is 0 Å². The molecule has 0 saturated carbocycles. The van der Waals surface area contributed by atoms with Crippen LogP contribution in [0.15, 0.2) is 29.1 Å². The summed E-state index contributed by atoms with van der Waals surface area (Å²) in [6, 6.07) is 2.92. The van der Waals surface area contributed by atoms with Crippen LogP contribution in [0, 0.1) is 0 Å². The molecule has 17 heavy (non-hydrogen) atoms. The third-order valence-corrected chi connectivity index (χ3v) is 2.36. The number of aliphatic hydroxyl groups excluding tert-OH is 1. The first-order valence-electron chi connectivity index (χ1n) is 4.67. The molecule has 0 spiro atoms. The quantitative estimate of drug-likeness (QED) is 0.865. The van der Waals surface area contributed by atoms with Gasteiger partial charge in [0.05, 0.1) is 11.6 Å². The number of nitrogens with one attached hydrogen (secondary N) is 1. The molecule has 0 fully saturated rings. The Morgan fingerprint density at radius 1 is 1.59 bits per heavy atom. The number of nitrogens with zero attached hydrogens (tertiary/aromatic N) is 2. The lowest BCUT2D eigenvalue weighted by molar-refractivity contribution is 0.101. The van der Waals surface area contributed by atoms with Crippen LogP contribution < -0.4 is 5.32 Å². The van der Waals surface area contributed by atoms with Crippen LogP contribution in [0.1, 0.15) is 16.1 Å². The highest BCUT2D eigenvalue weighted by atomic mass is 35.5. The van der Waals surface area contributed by atoms with Gasteiger partial charge in [-0.05, 0) is 6.07 Å². The molecule has 0 aliphatic carbocycles. The van der Waals surface area contributed by atoms with Gasteiger partial charge in [-0.15, -0.1) is 0 Å². The van der Waals surface area contributed by atoms with Gasteiger partial charge in [-0.25, -0.2) is 4.98 Å². The molecule has 0 unspecified atom stereocenters. The lowest BCUT2D eigenvalue weighted by Gasteiger charge is -2.05. The third-order valence-electron chi connectivity index (χ3n) is 2.02. The van der Waals surface area contributed by atoms with Crippen molar-refractivity contribution in [3.8, 4) is 0 Å². The van der Waals surface area contributed by atoms with Crippen LogP contribution in [-0.4, -0.2) is 21.2 Å². The van der Waals surface area contributed by atoms with Crippen LogP contribution in [-0.2, 0) is 6.61 Å². The van der Waals surface area contributed by atoms with Crippen molar-refractivity contribution in [1.82, 2.24) is 10.1 Å². The van der Waals surface area contributed by atoms with E-state index in [4.69, 9.17) is 16.7 Å². The number of halogens is 1. The zero-order valence-electron chi connectivity index (χ0n) is 8.55. The molecule has 0 aliphatic heterocycles. The summed E-state index contributed by atoms with van der Waals surface area (Å²) >= 11 is 5.77. The van der Waals surface area contributed by atoms with Gasteiger partial charge in [0.1, 0.15) is 12.1 Å². The normalized spacial score (nSPS) is 10.2. The second-order valence-electron chi connectivity index (χ2n) is 3.16. The van der Waals surface area contributed by atoms with Crippen LogP contribution in [0.4, 0.5) is 5.82 Å². The highest BCUT2D eigenvalue weighted by molar-refractivity contribution is 6.31. The highest BCUT2D eigenvalue weighted by Gasteiger charge is 2.10. The minimum Gasteiger partial charge on any atom is -0.392 e. The molecular formula is C10H8ClN3O3. The van der Waals surface area contributed by atoms with Crippen molar-refractivity contribution < 1.29 is 14.4 Å². The number of hydrogen-bond acceptors (Lipinski definition) is 5. The molecule has 2 rings (SSSR count). The van der Waals surface area contributed by atoms with E-state index < -0.39 is 5.91 Å². The van der Waals surface area contributed by atoms with Gasteiger partial charge in [0, 0.05) is 17.8 Å². The number of anilines is 1. The van der Waals surface area contributed by atoms with Gasteiger partial charge >= 0.3 is 0 Å². The maximum absolute atomic E-state index is 11.6. The molecule has 7 heteroatoms. The Hall–Kier alpha value is -1.92. The molecule has 0 aliphatic rings. The van der Waals surface area contributed by atoms with Crippen LogP contribution in [0.2, 0.25) is 5.02 Å². The van der Waals surface area contributed by atoms with Gasteiger partial charge in [0.15, 0.2) is 5.69 Å². The Morgan fingerprint density at radius 2 is 2.41 bits per heavy atom. The molecular weight excluding hydrogens is 246 g/mol. The van der Waals surface area contributed by atoms with Crippen molar-refractivity contribution in [2.75, 3.05) is 5.32 Å². The van der Waals surface area contributed by atoms with E-state index in [1.54, 1.807) is 0 Å². The number of rotatable bonds is 3. The van der Waals surface area contributed by atoms with Gasteiger partial charge < -0.3 is 14.9 Å². The summed E-state index contributed by atoms with van der Waals surface area (Å²) in [5.74, 6) is -0.163. The monoisotopic (exact) mass is 253 g/mol. The number of aromatic nitrogens is 2. The van der Waals surface area contributed by atoms with E-state index in [0.717, 1.165) is 0 Å². The van der Waals surface area contributed by atoms with Gasteiger partial charge in [0.2, 0.25) is 0 Å². The zero-order chi connectivity index (χ0) is 12.3. The van der Waals surface area contributed by atoms with E-state index in [9.17, 15) is 4.79 Å². The maximum atomic E-state index is 11.6. The Morgan fingerprint density at radius 3 is 3.06 bits per heavy atom. The second kappa shape index (κ2) is 4.94. The summed E-state index contributed by atoms with van der Waals surface area (Å²) in [5.41, 5.74) is 0.629. The minimum atomic E-state index is -0.447. The summed E-state index contributed by atoms with van der Waals surface area (Å²) in [5, 5.41) is 15.3. The van der Waals surface area contributed by atoms with Crippen LogP contribution >= 0.6 is 11.6 Å². The smallest absolute Gasteiger partial charge is 0.278 e. The molecule has 0 atom stereocenters. The van der Waals surface area contributed by atoms with E-state index >= 15 is 0 Å². The number of pyridine rings is 1. The molecule has 0 aromatic carbocycles. The van der Waals surface area contributed by atoms with E-state index in [0.29, 0.717) is 10.6 Å². The first kappa shape index (κ1) is 11.6. The highest BCUT2D eigenvalue weighted by Crippen LogP contribution is 2.18. The minimum absolute atomic E-state index is 0.146. The molecule has 0 saturated heterocycles. The third kappa shape index (κ3) is 2.61. The van der Waals surface area contributed by atoms with E-state index in [-0.39, 0.29) is 18.1 Å². The largest absolute Gasteiger partial charge is 0.392 e. The van der Waals surface area contributed by atoms with Crippen molar-refractivity contribution in [1.29, 1.82) is 0 Å². The average Bonchev–Trinajstić information content (AvgIpc) is 2.85. The second-order valence-corrected chi connectivity index (χ2v) is 3.57. The first-order valence-corrected chi connectivity index (χ1v) is 5.05. The molecule has 88 valence electrons. The van der Waals surface area contributed by atoms with Gasteiger partial charge in [-0.3, -0.25) is 4.79 Å². The Labute approximate surface area is 101 Å².